The molecule has 1 atom stereocenters. The lowest BCUT2D eigenvalue weighted by Gasteiger charge is -2.30. The Hall–Kier alpha value is -2.54. The monoisotopic (exact) mass is 369 g/mol. The van der Waals surface area contributed by atoms with Crippen LogP contribution in [-0.2, 0) is 17.9 Å². The first-order chi connectivity index (χ1) is 13.2. The first kappa shape index (κ1) is 19.2. The van der Waals surface area contributed by atoms with Gasteiger partial charge in [-0.05, 0) is 31.9 Å². The summed E-state index contributed by atoms with van der Waals surface area (Å²) in [6.45, 7) is 4.97. The average Bonchev–Trinajstić information content (AvgIpc) is 2.92. The van der Waals surface area contributed by atoms with Crippen LogP contribution >= 0.6 is 0 Å². The first-order valence-corrected chi connectivity index (χ1v) is 9.38. The molecular weight excluding hydrogens is 342 g/mol. The number of carbonyl (C=O) groups excluding carboxylic acids is 1. The molecule has 1 fully saturated rings. The van der Waals surface area contributed by atoms with E-state index >= 15 is 0 Å². The van der Waals surface area contributed by atoms with Gasteiger partial charge in [0.15, 0.2) is 0 Å². The Morgan fingerprint density at radius 1 is 1.30 bits per heavy atom. The van der Waals surface area contributed by atoms with Crippen LogP contribution in [0, 0.1) is 0 Å². The molecule has 7 heteroatoms. The number of amides is 1. The lowest BCUT2D eigenvalue weighted by atomic mass is 10.1. The van der Waals surface area contributed by atoms with E-state index in [1.54, 1.807) is 32.6 Å². The van der Waals surface area contributed by atoms with Crippen molar-refractivity contribution in [1.82, 2.24) is 24.8 Å². The fourth-order valence-electron chi connectivity index (χ4n) is 3.61. The number of methoxy groups -OCH3 is 1. The van der Waals surface area contributed by atoms with Crippen LogP contribution in [0.2, 0.25) is 0 Å². The largest absolute Gasteiger partial charge is 0.497 e. The lowest BCUT2D eigenvalue weighted by Crippen LogP contribution is -2.39. The molecule has 0 aliphatic carbocycles. The molecule has 0 unspecified atom stereocenters. The van der Waals surface area contributed by atoms with Gasteiger partial charge in [-0.2, -0.15) is 0 Å². The topological polar surface area (TPSA) is 71.5 Å². The van der Waals surface area contributed by atoms with Gasteiger partial charge in [0, 0.05) is 62.8 Å². The van der Waals surface area contributed by atoms with Crippen molar-refractivity contribution < 1.29 is 9.53 Å². The van der Waals surface area contributed by atoms with Crippen molar-refractivity contribution in [3.63, 3.8) is 0 Å². The summed E-state index contributed by atoms with van der Waals surface area (Å²) >= 11 is 0. The molecule has 2 aromatic heterocycles. The van der Waals surface area contributed by atoms with Gasteiger partial charge in [0.05, 0.1) is 12.8 Å². The third kappa shape index (κ3) is 5.47. The van der Waals surface area contributed by atoms with Crippen molar-refractivity contribution in [2.24, 2.45) is 0 Å². The molecule has 27 heavy (non-hydrogen) atoms. The van der Waals surface area contributed by atoms with Crippen molar-refractivity contribution in [3.05, 3.63) is 48.3 Å². The van der Waals surface area contributed by atoms with Crippen LogP contribution in [-0.4, -0.2) is 56.9 Å². The number of likely N-dealkylation sites (tertiary alicyclic amines) is 1. The SMILES string of the molecule is COc1ccnc(CN2CCC[C@@H](N(Cc3cncnc3)C(C)=O)CC2)c1. The zero-order valence-corrected chi connectivity index (χ0v) is 16.0. The molecule has 0 aromatic carbocycles. The van der Waals surface area contributed by atoms with Crippen molar-refractivity contribution >= 4 is 5.91 Å². The Balaban J connectivity index is 1.61. The number of ether oxygens (including phenoxy) is 1. The zero-order valence-electron chi connectivity index (χ0n) is 16.0. The highest BCUT2D eigenvalue weighted by Gasteiger charge is 2.25. The predicted octanol–water partition coefficient (Wildman–Crippen LogP) is 2.28. The normalized spacial score (nSPS) is 17.9. The second kappa shape index (κ2) is 9.41. The van der Waals surface area contributed by atoms with Gasteiger partial charge < -0.3 is 9.64 Å². The van der Waals surface area contributed by atoms with Crippen LogP contribution in [0.25, 0.3) is 0 Å². The maximum absolute atomic E-state index is 12.3. The van der Waals surface area contributed by atoms with Gasteiger partial charge in [-0.1, -0.05) is 0 Å². The summed E-state index contributed by atoms with van der Waals surface area (Å²) in [6.07, 6.45) is 9.88. The van der Waals surface area contributed by atoms with E-state index < -0.39 is 0 Å². The summed E-state index contributed by atoms with van der Waals surface area (Å²) < 4.78 is 5.29. The summed E-state index contributed by atoms with van der Waals surface area (Å²) in [7, 11) is 1.67. The third-order valence-corrected chi connectivity index (χ3v) is 5.01. The highest BCUT2D eigenvalue weighted by atomic mass is 16.5. The maximum atomic E-state index is 12.3. The molecule has 2 aromatic rings. The van der Waals surface area contributed by atoms with Gasteiger partial charge in [-0.3, -0.25) is 14.7 Å². The number of hydrogen-bond donors (Lipinski definition) is 0. The molecule has 1 aliphatic heterocycles. The number of pyridine rings is 1. The second-order valence-electron chi connectivity index (χ2n) is 6.94. The van der Waals surface area contributed by atoms with E-state index in [0.29, 0.717) is 6.54 Å². The standard InChI is InChI=1S/C20H27N5O2/c1-16(26)25(13-17-11-21-15-22-12-17)19-4-3-8-24(9-6-19)14-18-10-20(27-2)5-7-23-18/h5,7,10-12,15,19H,3-4,6,8-9,13-14H2,1-2H3/t19-/m1/s1. The fourth-order valence-corrected chi connectivity index (χ4v) is 3.61. The van der Waals surface area contributed by atoms with E-state index in [2.05, 4.69) is 19.9 Å². The molecule has 3 heterocycles. The van der Waals surface area contributed by atoms with Gasteiger partial charge >= 0.3 is 0 Å². The molecule has 1 saturated heterocycles. The second-order valence-corrected chi connectivity index (χ2v) is 6.94. The Kier molecular flexibility index (Phi) is 6.70. The average molecular weight is 369 g/mol. The number of hydrogen-bond acceptors (Lipinski definition) is 6. The highest BCUT2D eigenvalue weighted by molar-refractivity contribution is 5.73. The van der Waals surface area contributed by atoms with Gasteiger partial charge in [-0.25, -0.2) is 9.97 Å². The third-order valence-electron chi connectivity index (χ3n) is 5.01. The molecule has 0 radical (unpaired) electrons. The van der Waals surface area contributed by atoms with Crippen molar-refractivity contribution in [2.75, 3.05) is 20.2 Å². The molecule has 0 spiro atoms. The number of aromatic nitrogens is 3. The molecule has 7 nitrogen and oxygen atoms in total. The van der Waals surface area contributed by atoms with Gasteiger partial charge in [0.1, 0.15) is 12.1 Å². The summed E-state index contributed by atoms with van der Waals surface area (Å²) in [5.74, 6) is 0.937. The van der Waals surface area contributed by atoms with Crippen LogP contribution in [0.4, 0.5) is 0 Å². The zero-order chi connectivity index (χ0) is 19.1. The van der Waals surface area contributed by atoms with Crippen LogP contribution in [0.3, 0.4) is 0 Å². The van der Waals surface area contributed by atoms with E-state index in [-0.39, 0.29) is 11.9 Å². The minimum Gasteiger partial charge on any atom is -0.497 e. The summed E-state index contributed by atoms with van der Waals surface area (Å²) in [5, 5.41) is 0. The van der Waals surface area contributed by atoms with Crippen molar-refractivity contribution in [1.29, 1.82) is 0 Å². The van der Waals surface area contributed by atoms with Crippen LogP contribution < -0.4 is 4.74 Å². The number of rotatable bonds is 6. The summed E-state index contributed by atoms with van der Waals surface area (Å²) in [5.41, 5.74) is 1.98. The number of carbonyl (C=O) groups is 1. The van der Waals surface area contributed by atoms with Gasteiger partial charge in [0.25, 0.3) is 0 Å². The van der Waals surface area contributed by atoms with Crippen LogP contribution in [0.15, 0.2) is 37.1 Å². The minimum absolute atomic E-state index is 0.103. The van der Waals surface area contributed by atoms with Crippen molar-refractivity contribution in [3.8, 4) is 5.75 Å². The minimum atomic E-state index is 0.103. The number of nitrogens with zero attached hydrogens (tertiary/aromatic N) is 5. The quantitative estimate of drug-likeness (QED) is 0.778. The molecule has 1 amide bonds. The maximum Gasteiger partial charge on any atom is 0.219 e. The molecular formula is C20H27N5O2. The van der Waals surface area contributed by atoms with E-state index in [1.807, 2.05) is 17.0 Å². The van der Waals surface area contributed by atoms with Gasteiger partial charge in [0.2, 0.25) is 5.91 Å². The molecule has 3 rings (SSSR count). The van der Waals surface area contributed by atoms with E-state index in [4.69, 9.17) is 4.74 Å². The smallest absolute Gasteiger partial charge is 0.219 e. The van der Waals surface area contributed by atoms with E-state index in [1.165, 1.54) is 6.33 Å². The molecule has 0 bridgehead atoms. The Morgan fingerprint density at radius 2 is 2.11 bits per heavy atom. The fraction of sp³-hybridized carbons (Fsp3) is 0.500. The Labute approximate surface area is 160 Å². The van der Waals surface area contributed by atoms with E-state index in [9.17, 15) is 4.79 Å². The van der Waals surface area contributed by atoms with Crippen LogP contribution in [0.1, 0.15) is 37.4 Å². The molecule has 1 aliphatic rings. The summed E-state index contributed by atoms with van der Waals surface area (Å²) in [6, 6.07) is 4.09. The van der Waals surface area contributed by atoms with Gasteiger partial charge in [-0.15, -0.1) is 0 Å². The summed E-state index contributed by atoms with van der Waals surface area (Å²) in [4.78, 5) is 29.2. The molecule has 144 valence electrons. The van der Waals surface area contributed by atoms with E-state index in [0.717, 1.165) is 55.9 Å². The first-order valence-electron chi connectivity index (χ1n) is 9.38. The lowest BCUT2D eigenvalue weighted by molar-refractivity contribution is -0.132. The highest BCUT2D eigenvalue weighted by Crippen LogP contribution is 2.21. The van der Waals surface area contributed by atoms with Crippen molar-refractivity contribution in [2.45, 2.75) is 45.3 Å². The predicted molar refractivity (Wildman–Crippen MR) is 102 cm³/mol. The van der Waals surface area contributed by atoms with Crippen LogP contribution in [0.5, 0.6) is 5.75 Å². The Morgan fingerprint density at radius 3 is 2.85 bits per heavy atom. The Bertz CT molecular complexity index is 740. The molecule has 0 N–H and O–H groups in total. The molecule has 0 saturated carbocycles.